The second kappa shape index (κ2) is 14.0. The molecule has 2 aliphatic rings. The van der Waals surface area contributed by atoms with Crippen molar-refractivity contribution in [3.8, 4) is 0 Å². The Morgan fingerprint density at radius 3 is 2.40 bits per heavy atom. The second-order valence-corrected chi connectivity index (χ2v) is 10.8. The molecule has 2 aliphatic heterocycles. The second-order valence-electron chi connectivity index (χ2n) is 10.8. The Kier molecular flexibility index (Phi) is 9.86. The number of halogens is 1. The van der Waals surface area contributed by atoms with Crippen LogP contribution in [0.4, 0.5) is 10.1 Å². The van der Waals surface area contributed by atoms with E-state index in [4.69, 9.17) is 0 Å². The number of nitrogens with zero attached hydrogens (tertiary/aromatic N) is 4. The number of carboxylic acids is 1. The average Bonchev–Trinajstić information content (AvgIpc) is 3.63. The van der Waals surface area contributed by atoms with Gasteiger partial charge in [-0.1, -0.05) is 91.0 Å². The van der Waals surface area contributed by atoms with Crippen molar-refractivity contribution in [1.29, 1.82) is 0 Å². The summed E-state index contributed by atoms with van der Waals surface area (Å²) in [4.78, 5) is 28.0. The summed E-state index contributed by atoms with van der Waals surface area (Å²) >= 11 is 0. The van der Waals surface area contributed by atoms with Crippen LogP contribution in [-0.2, 0) is 27.8 Å². The molecule has 3 unspecified atom stereocenters. The first kappa shape index (κ1) is 31.8. The number of benzene rings is 4. The molecular weight excluding hydrogens is 618 g/mol. The molecule has 8 nitrogen and oxygen atoms in total. The van der Waals surface area contributed by atoms with E-state index in [2.05, 4.69) is 19.9 Å². The Hall–Kier alpha value is -4.66. The van der Waals surface area contributed by atoms with Crippen LogP contribution in [0.2, 0.25) is 0 Å². The standard InChI is InChI=1S/C35H31FN4O4.Ni/c36-26-17-9-16-25-29(26)34(42)39-31(25)32(35(43)44)38-30(23-13-5-2-6-14-23)24-15-7-8-18-27(24)37-33(41)28-19-10-20-40(28)21-22-11-3-1-4-12-22;/h1-9,11-18,28,31-32H,10,19-21H2,(H,37,41)(H,39,42)(H,43,44);/q;+2/p-2. The maximum Gasteiger partial charge on any atom is 2.00 e. The van der Waals surface area contributed by atoms with Crippen molar-refractivity contribution in [2.24, 2.45) is 15.0 Å². The number of likely N-dealkylation sites (tertiary alicyclic amines) is 1. The molecule has 0 radical (unpaired) electrons. The number of aliphatic imine (C=N–C) groups is 3. The third-order valence-corrected chi connectivity index (χ3v) is 7.97. The summed E-state index contributed by atoms with van der Waals surface area (Å²) in [6.45, 7) is 1.42. The van der Waals surface area contributed by atoms with Gasteiger partial charge < -0.3 is 15.3 Å². The van der Waals surface area contributed by atoms with Crippen LogP contribution in [0.5, 0.6) is 0 Å². The molecule has 3 atom stereocenters. The number of para-hydroxylation sites is 1. The summed E-state index contributed by atoms with van der Waals surface area (Å²) in [5.74, 6) is -3.19. The third-order valence-electron chi connectivity index (χ3n) is 7.97. The van der Waals surface area contributed by atoms with Gasteiger partial charge in [0.1, 0.15) is 11.9 Å². The van der Waals surface area contributed by atoms with Crippen LogP contribution in [0, 0.1) is 5.82 Å². The molecule has 6 rings (SSSR count). The molecule has 4 aromatic rings. The van der Waals surface area contributed by atoms with E-state index in [9.17, 15) is 24.5 Å². The first-order valence-electron chi connectivity index (χ1n) is 14.4. The molecule has 0 aromatic heterocycles. The monoisotopic (exact) mass is 646 g/mol. The van der Waals surface area contributed by atoms with E-state index < -0.39 is 29.8 Å². The maximum absolute atomic E-state index is 14.5. The minimum Gasteiger partial charge on any atom is -0.861 e. The van der Waals surface area contributed by atoms with Crippen molar-refractivity contribution in [3.63, 3.8) is 0 Å². The van der Waals surface area contributed by atoms with Crippen LogP contribution in [0.3, 0.4) is 0 Å². The average molecular weight is 647 g/mol. The van der Waals surface area contributed by atoms with Crippen LogP contribution >= 0.6 is 0 Å². The fraction of sp³-hybridized carbons (Fsp3) is 0.200. The van der Waals surface area contributed by atoms with Crippen LogP contribution in [0.25, 0.3) is 0 Å². The Bertz CT molecular complexity index is 1760. The number of carbonyl (C=O) groups is 1. The van der Waals surface area contributed by atoms with Gasteiger partial charge in [-0.15, -0.1) is 0 Å². The molecule has 1 fully saturated rings. The summed E-state index contributed by atoms with van der Waals surface area (Å²) in [5.41, 5.74) is 2.71. The summed E-state index contributed by atoms with van der Waals surface area (Å²) in [7, 11) is 0. The summed E-state index contributed by atoms with van der Waals surface area (Å²) in [6, 6.07) is 26.8. The van der Waals surface area contributed by atoms with E-state index >= 15 is 0 Å². The van der Waals surface area contributed by atoms with Gasteiger partial charge in [0, 0.05) is 29.3 Å². The van der Waals surface area contributed by atoms with Crippen molar-refractivity contribution >= 4 is 29.2 Å². The summed E-state index contributed by atoms with van der Waals surface area (Å²) in [5, 5.41) is 36.5. The Morgan fingerprint density at radius 1 is 0.978 bits per heavy atom. The molecule has 45 heavy (non-hydrogen) atoms. The molecule has 0 aliphatic carbocycles. The van der Waals surface area contributed by atoms with Gasteiger partial charge in [-0.3, -0.25) is 19.9 Å². The van der Waals surface area contributed by atoms with Crippen LogP contribution < -0.4 is 10.2 Å². The normalized spacial score (nSPS) is 19.0. The van der Waals surface area contributed by atoms with E-state index in [0.717, 1.165) is 24.6 Å². The fourth-order valence-corrected chi connectivity index (χ4v) is 5.89. The quantitative estimate of drug-likeness (QED) is 0.167. The first-order chi connectivity index (χ1) is 21.4. The van der Waals surface area contributed by atoms with E-state index in [1.165, 1.54) is 12.1 Å². The van der Waals surface area contributed by atoms with E-state index in [0.29, 0.717) is 29.8 Å². The van der Waals surface area contributed by atoms with Crippen molar-refractivity contribution in [2.75, 3.05) is 6.54 Å². The number of hydrogen-bond donors (Lipinski definition) is 1. The van der Waals surface area contributed by atoms with E-state index in [1.807, 2.05) is 36.4 Å². The zero-order chi connectivity index (χ0) is 30.6. The molecule has 1 saturated heterocycles. The molecule has 0 bridgehead atoms. The SMILES string of the molecule is O=C(O)C(N=C(c1ccccc1)c1ccccc1N=C([O-])C1CCCN1Cc1ccccc1)C1N=C([O-])c2c(F)cccc21.[Ni+2]. The van der Waals surface area contributed by atoms with Crippen LogP contribution in [-0.4, -0.2) is 52.1 Å². The van der Waals surface area contributed by atoms with Gasteiger partial charge in [0.05, 0.1) is 11.4 Å². The Balaban J connectivity index is 0.00000400. The molecule has 1 N–H and O–H groups in total. The molecular formula is C35H29FN4NiO4. The van der Waals surface area contributed by atoms with Gasteiger partial charge in [0.25, 0.3) is 0 Å². The zero-order valence-corrected chi connectivity index (χ0v) is 25.0. The first-order valence-corrected chi connectivity index (χ1v) is 14.4. The van der Waals surface area contributed by atoms with Crippen molar-refractivity contribution in [2.45, 2.75) is 37.5 Å². The third kappa shape index (κ3) is 6.72. The zero-order valence-electron chi connectivity index (χ0n) is 24.0. The predicted octanol–water partition coefficient (Wildman–Crippen LogP) is 4.03. The fourth-order valence-electron chi connectivity index (χ4n) is 5.89. The van der Waals surface area contributed by atoms with Gasteiger partial charge in [-0.05, 0) is 54.4 Å². The number of rotatable bonds is 9. The van der Waals surface area contributed by atoms with Crippen molar-refractivity contribution in [1.82, 2.24) is 4.90 Å². The maximum atomic E-state index is 14.5. The summed E-state index contributed by atoms with van der Waals surface area (Å²) < 4.78 is 14.5. The Morgan fingerprint density at radius 2 is 1.67 bits per heavy atom. The van der Waals surface area contributed by atoms with Gasteiger partial charge >= 0.3 is 22.5 Å². The molecule has 10 heteroatoms. The Labute approximate surface area is 270 Å². The number of carboxylic acid groups (broad SMARTS) is 1. The van der Waals surface area contributed by atoms with Crippen LogP contribution in [0.1, 0.15) is 46.7 Å². The smallest absolute Gasteiger partial charge is 0.861 e. The minimum absolute atomic E-state index is 0. The molecule has 0 saturated carbocycles. The largest absolute Gasteiger partial charge is 2.00 e. The minimum atomic E-state index is -1.54. The number of hydrogen-bond acceptors (Lipinski definition) is 7. The molecule has 2 heterocycles. The van der Waals surface area contributed by atoms with Crippen LogP contribution in [0.15, 0.2) is 118 Å². The van der Waals surface area contributed by atoms with Gasteiger partial charge in [0.2, 0.25) is 0 Å². The molecule has 0 amide bonds. The van der Waals surface area contributed by atoms with Gasteiger partial charge in [-0.2, -0.15) is 0 Å². The summed E-state index contributed by atoms with van der Waals surface area (Å²) in [6.07, 6.45) is 1.56. The van der Waals surface area contributed by atoms with Crippen molar-refractivity contribution in [3.05, 3.63) is 137 Å². The molecule has 0 spiro atoms. The topological polar surface area (TPSA) is 124 Å². The van der Waals surface area contributed by atoms with E-state index in [-0.39, 0.29) is 45.3 Å². The number of fused-ring (bicyclic) bond motifs is 1. The molecule has 230 valence electrons. The molecule has 4 aromatic carbocycles. The van der Waals surface area contributed by atoms with Crippen molar-refractivity contribution < 1.29 is 41.0 Å². The number of aliphatic carboxylic acids is 1. The predicted molar refractivity (Wildman–Crippen MR) is 163 cm³/mol. The van der Waals surface area contributed by atoms with Gasteiger partial charge in [0.15, 0.2) is 6.04 Å². The van der Waals surface area contributed by atoms with E-state index in [1.54, 1.807) is 48.5 Å². The van der Waals surface area contributed by atoms with Gasteiger partial charge in [-0.25, -0.2) is 9.18 Å².